The molecule has 3 nitrogen and oxygen atoms in total. The van der Waals surface area contributed by atoms with Crippen molar-refractivity contribution < 1.29 is 17.6 Å². The van der Waals surface area contributed by atoms with E-state index in [0.29, 0.717) is 18.8 Å². The molecule has 0 unspecified atom stereocenters. The lowest BCUT2D eigenvalue weighted by atomic mass is 10.0. The Kier molecular flexibility index (Phi) is 5.50. The van der Waals surface area contributed by atoms with Gasteiger partial charge in [-0.3, -0.25) is 4.90 Å². The van der Waals surface area contributed by atoms with Crippen molar-refractivity contribution in [2.75, 3.05) is 26.2 Å². The minimum atomic E-state index is -1.45. The molecule has 1 N–H and O–H groups in total. The topological polar surface area (TPSA) is 28.4 Å². The molecule has 1 fully saturated rings. The van der Waals surface area contributed by atoms with Crippen LogP contribution in [0.4, 0.5) is 13.2 Å². The molecule has 1 atom stereocenters. The molecule has 1 aromatic carbocycles. The third-order valence-corrected chi connectivity index (χ3v) is 3.69. The Labute approximate surface area is 132 Å². The second-order valence-electron chi connectivity index (χ2n) is 4.97. The van der Waals surface area contributed by atoms with Crippen LogP contribution in [0.2, 0.25) is 0 Å². The van der Waals surface area contributed by atoms with Gasteiger partial charge < -0.3 is 9.73 Å². The third-order valence-electron chi connectivity index (χ3n) is 3.69. The van der Waals surface area contributed by atoms with Crippen molar-refractivity contribution in [2.24, 2.45) is 0 Å². The van der Waals surface area contributed by atoms with Gasteiger partial charge in [-0.1, -0.05) is 6.07 Å². The van der Waals surface area contributed by atoms with Crippen LogP contribution in [0.15, 0.2) is 34.9 Å². The maximum absolute atomic E-state index is 14.2. The first-order chi connectivity index (χ1) is 10.2. The Bertz CT molecular complexity index is 616. The zero-order valence-corrected chi connectivity index (χ0v) is 12.5. The Morgan fingerprint density at radius 1 is 1.05 bits per heavy atom. The van der Waals surface area contributed by atoms with E-state index in [1.165, 1.54) is 12.3 Å². The van der Waals surface area contributed by atoms with Gasteiger partial charge in [-0.15, -0.1) is 12.4 Å². The maximum atomic E-state index is 14.2. The first-order valence-electron chi connectivity index (χ1n) is 6.80. The highest BCUT2D eigenvalue weighted by Gasteiger charge is 2.30. The number of furan rings is 1. The number of hydrogen-bond donors (Lipinski definition) is 1. The summed E-state index contributed by atoms with van der Waals surface area (Å²) in [7, 11) is 0. The molecule has 3 rings (SSSR count). The van der Waals surface area contributed by atoms with Crippen molar-refractivity contribution >= 4 is 12.4 Å². The molecule has 0 saturated carbocycles. The fraction of sp³-hybridized carbons (Fsp3) is 0.333. The van der Waals surface area contributed by atoms with Crippen LogP contribution < -0.4 is 5.32 Å². The summed E-state index contributed by atoms with van der Waals surface area (Å²) in [5.74, 6) is -3.27. The van der Waals surface area contributed by atoms with Gasteiger partial charge in [0.05, 0.1) is 12.3 Å². The minimum Gasteiger partial charge on any atom is -0.467 e. The molecular weight excluding hydrogens is 317 g/mol. The third kappa shape index (κ3) is 3.14. The predicted octanol–water partition coefficient (Wildman–Crippen LogP) is 3.11. The highest BCUT2D eigenvalue weighted by molar-refractivity contribution is 5.85. The molecule has 2 heterocycles. The molecular formula is C15H16ClF3N2O. The fourth-order valence-corrected chi connectivity index (χ4v) is 2.67. The van der Waals surface area contributed by atoms with Crippen LogP contribution in [-0.2, 0) is 0 Å². The summed E-state index contributed by atoms with van der Waals surface area (Å²) in [6, 6.07) is 5.09. The number of nitrogens with one attached hydrogen (secondary N) is 1. The Hall–Kier alpha value is -1.50. The Balaban J connectivity index is 0.00000176. The van der Waals surface area contributed by atoms with Gasteiger partial charge >= 0.3 is 0 Å². The minimum absolute atomic E-state index is 0. The monoisotopic (exact) mass is 332 g/mol. The van der Waals surface area contributed by atoms with Gasteiger partial charge in [-0.25, -0.2) is 13.2 Å². The van der Waals surface area contributed by atoms with E-state index in [1.807, 2.05) is 4.90 Å². The van der Waals surface area contributed by atoms with Crippen molar-refractivity contribution in [2.45, 2.75) is 6.04 Å². The van der Waals surface area contributed by atoms with Crippen molar-refractivity contribution in [1.82, 2.24) is 10.2 Å². The van der Waals surface area contributed by atoms with Gasteiger partial charge in [0, 0.05) is 31.7 Å². The fourth-order valence-electron chi connectivity index (χ4n) is 2.67. The van der Waals surface area contributed by atoms with Gasteiger partial charge in [-0.05, 0) is 18.2 Å². The summed E-state index contributed by atoms with van der Waals surface area (Å²) in [6.45, 7) is 2.85. The van der Waals surface area contributed by atoms with Crippen LogP contribution in [0.1, 0.15) is 17.4 Å². The van der Waals surface area contributed by atoms with Gasteiger partial charge in [-0.2, -0.15) is 0 Å². The summed E-state index contributed by atoms with van der Waals surface area (Å²) in [5, 5.41) is 3.20. The van der Waals surface area contributed by atoms with Gasteiger partial charge in [0.25, 0.3) is 0 Å². The molecule has 22 heavy (non-hydrogen) atoms. The van der Waals surface area contributed by atoms with Crippen LogP contribution >= 0.6 is 12.4 Å². The molecule has 1 aliphatic rings. The number of rotatable bonds is 3. The van der Waals surface area contributed by atoms with Crippen LogP contribution in [0.3, 0.4) is 0 Å². The quantitative estimate of drug-likeness (QED) is 0.875. The number of benzene rings is 1. The first-order valence-corrected chi connectivity index (χ1v) is 6.80. The standard InChI is InChI=1S/C15H15F3N2O.ClH/c16-11-4-3-10(13(17)14(11)18)15(12-2-1-9-21-12)20-7-5-19-6-8-20;/h1-4,9,15,19H,5-8H2;1H/t15-;/m0./s1. The Morgan fingerprint density at radius 3 is 2.41 bits per heavy atom. The summed E-state index contributed by atoms with van der Waals surface area (Å²) in [5.41, 5.74) is 0.0887. The molecule has 1 saturated heterocycles. The molecule has 1 aliphatic heterocycles. The highest BCUT2D eigenvalue weighted by atomic mass is 35.5. The van der Waals surface area contributed by atoms with E-state index in [9.17, 15) is 13.2 Å². The average Bonchev–Trinajstić information content (AvgIpc) is 3.03. The summed E-state index contributed by atoms with van der Waals surface area (Å²) in [4.78, 5) is 1.99. The van der Waals surface area contributed by atoms with Crippen molar-refractivity contribution in [3.63, 3.8) is 0 Å². The predicted molar refractivity (Wildman–Crippen MR) is 78.6 cm³/mol. The highest BCUT2D eigenvalue weighted by Crippen LogP contribution is 2.32. The number of hydrogen-bond acceptors (Lipinski definition) is 3. The largest absolute Gasteiger partial charge is 0.467 e. The van der Waals surface area contributed by atoms with Gasteiger partial charge in [0.15, 0.2) is 17.5 Å². The van der Waals surface area contributed by atoms with Gasteiger partial charge in [0.2, 0.25) is 0 Å². The first kappa shape index (κ1) is 16.9. The van der Waals surface area contributed by atoms with Crippen LogP contribution in [0.25, 0.3) is 0 Å². The second-order valence-corrected chi connectivity index (χ2v) is 4.97. The molecule has 0 aliphatic carbocycles. The SMILES string of the molecule is Cl.Fc1ccc([C@@H](c2ccco2)N2CCNCC2)c(F)c1F. The molecule has 0 amide bonds. The average molecular weight is 333 g/mol. The smallest absolute Gasteiger partial charge is 0.194 e. The molecule has 7 heteroatoms. The molecule has 120 valence electrons. The molecule has 2 aromatic rings. The zero-order valence-electron chi connectivity index (χ0n) is 11.7. The van der Waals surface area contributed by atoms with E-state index >= 15 is 0 Å². The van der Waals surface area contributed by atoms with Crippen molar-refractivity contribution in [3.05, 3.63) is 59.3 Å². The van der Waals surface area contributed by atoms with E-state index in [4.69, 9.17) is 4.42 Å². The second kappa shape index (κ2) is 7.17. The lowest BCUT2D eigenvalue weighted by Gasteiger charge is -2.34. The van der Waals surface area contributed by atoms with Crippen LogP contribution in [0, 0.1) is 17.5 Å². The van der Waals surface area contributed by atoms with E-state index in [-0.39, 0.29) is 18.0 Å². The van der Waals surface area contributed by atoms with Crippen LogP contribution in [0.5, 0.6) is 0 Å². The molecule has 1 aromatic heterocycles. The normalized spacial score (nSPS) is 17.0. The lowest BCUT2D eigenvalue weighted by Crippen LogP contribution is -2.45. The Morgan fingerprint density at radius 2 is 1.77 bits per heavy atom. The number of nitrogens with zero attached hydrogens (tertiary/aromatic N) is 1. The van der Waals surface area contributed by atoms with E-state index in [1.54, 1.807) is 12.1 Å². The summed E-state index contributed by atoms with van der Waals surface area (Å²) < 4.78 is 46.2. The number of piperazine rings is 1. The zero-order chi connectivity index (χ0) is 14.8. The molecule has 0 radical (unpaired) electrons. The molecule has 0 bridgehead atoms. The van der Waals surface area contributed by atoms with E-state index < -0.39 is 23.5 Å². The number of halogens is 4. The van der Waals surface area contributed by atoms with E-state index in [0.717, 1.165) is 19.2 Å². The molecule has 0 spiro atoms. The lowest BCUT2D eigenvalue weighted by molar-refractivity contribution is 0.176. The van der Waals surface area contributed by atoms with Crippen LogP contribution in [-0.4, -0.2) is 31.1 Å². The van der Waals surface area contributed by atoms with Crippen molar-refractivity contribution in [1.29, 1.82) is 0 Å². The van der Waals surface area contributed by atoms with Gasteiger partial charge in [0.1, 0.15) is 5.76 Å². The summed E-state index contributed by atoms with van der Waals surface area (Å²) in [6.07, 6.45) is 1.49. The van der Waals surface area contributed by atoms with Crippen molar-refractivity contribution in [3.8, 4) is 0 Å². The summed E-state index contributed by atoms with van der Waals surface area (Å²) >= 11 is 0. The maximum Gasteiger partial charge on any atom is 0.194 e. The van der Waals surface area contributed by atoms with E-state index in [2.05, 4.69) is 5.32 Å².